The fraction of sp³-hybridized carbons (Fsp3) is 0.529. The number of rotatable bonds is 3. The number of alkyl halides is 3. The first-order valence-electron chi connectivity index (χ1n) is 8.49. The molecule has 27 heavy (non-hydrogen) atoms. The summed E-state index contributed by atoms with van der Waals surface area (Å²) in [6.07, 6.45) is -5.29. The van der Waals surface area contributed by atoms with Crippen molar-refractivity contribution >= 4 is 16.9 Å². The average molecular weight is 388 g/mol. The van der Waals surface area contributed by atoms with Gasteiger partial charge in [0.15, 0.2) is 0 Å². The lowest BCUT2D eigenvalue weighted by atomic mass is 10.1. The van der Waals surface area contributed by atoms with Crippen molar-refractivity contribution < 1.29 is 22.7 Å². The molecule has 1 aliphatic rings. The van der Waals surface area contributed by atoms with Crippen LogP contribution in [0.5, 0.6) is 0 Å². The zero-order valence-corrected chi connectivity index (χ0v) is 14.9. The van der Waals surface area contributed by atoms with Gasteiger partial charge in [0, 0.05) is 38.8 Å². The van der Waals surface area contributed by atoms with Crippen LogP contribution in [0, 0.1) is 5.82 Å². The van der Waals surface area contributed by atoms with Crippen molar-refractivity contribution in [3.8, 4) is 0 Å². The van der Waals surface area contributed by atoms with Crippen molar-refractivity contribution in [2.75, 3.05) is 37.6 Å². The van der Waals surface area contributed by atoms with E-state index in [1.165, 1.54) is 23.4 Å². The molecule has 148 valence electrons. The number of piperazine rings is 1. The van der Waals surface area contributed by atoms with Crippen molar-refractivity contribution in [3.63, 3.8) is 0 Å². The third-order valence-corrected chi connectivity index (χ3v) is 4.66. The number of benzene rings is 1. The molecule has 0 aliphatic carbocycles. The van der Waals surface area contributed by atoms with E-state index in [0.717, 1.165) is 12.1 Å². The van der Waals surface area contributed by atoms with Gasteiger partial charge < -0.3 is 10.0 Å². The first-order valence-corrected chi connectivity index (χ1v) is 8.49. The summed E-state index contributed by atoms with van der Waals surface area (Å²) in [5.41, 5.74) is -0.0870. The molecule has 0 bridgehead atoms. The van der Waals surface area contributed by atoms with E-state index in [2.05, 4.69) is 4.98 Å². The molecular formula is C17H20F4N4O2. The van der Waals surface area contributed by atoms with Gasteiger partial charge in [-0.2, -0.15) is 13.2 Å². The van der Waals surface area contributed by atoms with Gasteiger partial charge in [0.2, 0.25) is 5.95 Å². The predicted molar refractivity (Wildman–Crippen MR) is 92.3 cm³/mol. The Balaban J connectivity index is 1.96. The van der Waals surface area contributed by atoms with Crippen molar-refractivity contribution in [1.82, 2.24) is 14.5 Å². The molecule has 1 N–H and O–H groups in total. The first kappa shape index (κ1) is 19.6. The first-order chi connectivity index (χ1) is 12.6. The van der Waals surface area contributed by atoms with Crippen LogP contribution in [0.15, 0.2) is 16.9 Å². The van der Waals surface area contributed by atoms with E-state index < -0.39 is 30.2 Å². The lowest BCUT2D eigenvalue weighted by Crippen LogP contribution is -2.50. The summed E-state index contributed by atoms with van der Waals surface area (Å²) in [5.74, 6) is -0.363. The molecule has 3 rings (SSSR count). The summed E-state index contributed by atoms with van der Waals surface area (Å²) in [6, 6.07) is 2.20. The Kier molecular flexibility index (Phi) is 5.13. The minimum absolute atomic E-state index is 0.0489. The van der Waals surface area contributed by atoms with Crippen LogP contribution in [0.2, 0.25) is 0 Å². The lowest BCUT2D eigenvalue weighted by Gasteiger charge is -2.36. The highest BCUT2D eigenvalue weighted by Gasteiger charge is 2.32. The maximum absolute atomic E-state index is 13.8. The topological polar surface area (TPSA) is 61.6 Å². The summed E-state index contributed by atoms with van der Waals surface area (Å²) in [7, 11) is 1.49. The van der Waals surface area contributed by atoms with Gasteiger partial charge in [-0.05, 0) is 19.1 Å². The van der Waals surface area contributed by atoms with Gasteiger partial charge in [-0.15, -0.1) is 0 Å². The summed E-state index contributed by atoms with van der Waals surface area (Å²) in [4.78, 5) is 20.1. The number of fused-ring (bicyclic) bond motifs is 1. The van der Waals surface area contributed by atoms with E-state index in [-0.39, 0.29) is 48.6 Å². The number of aliphatic hydroxyl groups is 1. The van der Waals surface area contributed by atoms with Gasteiger partial charge in [0.25, 0.3) is 5.56 Å². The van der Waals surface area contributed by atoms with E-state index in [4.69, 9.17) is 0 Å². The van der Waals surface area contributed by atoms with Crippen LogP contribution in [0.25, 0.3) is 10.9 Å². The smallest absolute Gasteiger partial charge is 0.389 e. The largest absolute Gasteiger partial charge is 0.401 e. The Morgan fingerprint density at radius 1 is 1.22 bits per heavy atom. The van der Waals surface area contributed by atoms with Crippen LogP contribution in [0.4, 0.5) is 23.5 Å². The highest BCUT2D eigenvalue weighted by atomic mass is 19.4. The van der Waals surface area contributed by atoms with E-state index in [1.807, 2.05) is 0 Å². The summed E-state index contributed by atoms with van der Waals surface area (Å²) in [6.45, 7) is 1.37. The van der Waals surface area contributed by atoms with Crippen molar-refractivity contribution in [3.05, 3.63) is 33.9 Å². The fourth-order valence-corrected chi connectivity index (χ4v) is 3.32. The van der Waals surface area contributed by atoms with Gasteiger partial charge in [-0.1, -0.05) is 0 Å². The Morgan fingerprint density at radius 3 is 2.41 bits per heavy atom. The predicted octanol–water partition coefficient (Wildman–Crippen LogP) is 1.81. The zero-order valence-electron chi connectivity index (χ0n) is 14.9. The third kappa shape index (κ3) is 4.06. The molecule has 0 saturated carbocycles. The Morgan fingerprint density at radius 2 is 1.85 bits per heavy atom. The number of hydrogen-bond donors (Lipinski definition) is 1. The second-order valence-electron chi connectivity index (χ2n) is 6.72. The molecule has 0 radical (unpaired) electrons. The Labute approximate surface area is 152 Å². The lowest BCUT2D eigenvalue weighted by molar-refractivity contribution is -0.146. The Bertz CT molecular complexity index is 902. The number of hydrogen-bond acceptors (Lipinski definition) is 5. The van der Waals surface area contributed by atoms with Gasteiger partial charge >= 0.3 is 6.18 Å². The molecule has 10 heteroatoms. The van der Waals surface area contributed by atoms with Gasteiger partial charge in [-0.25, -0.2) is 9.37 Å². The molecule has 0 spiro atoms. The van der Waals surface area contributed by atoms with Crippen molar-refractivity contribution in [2.24, 2.45) is 7.05 Å². The quantitative estimate of drug-likeness (QED) is 0.813. The summed E-state index contributed by atoms with van der Waals surface area (Å²) in [5, 5.41) is 9.96. The second-order valence-corrected chi connectivity index (χ2v) is 6.72. The number of aromatic nitrogens is 2. The fourth-order valence-electron chi connectivity index (χ4n) is 3.32. The van der Waals surface area contributed by atoms with E-state index >= 15 is 0 Å². The zero-order chi connectivity index (χ0) is 19.9. The standard InChI is InChI=1S/C17H20F4N4O2/c1-10(26)12-7-11(18)8-13-14(12)22-16(23(2)15(13)27)25-5-3-24(4-6-25)9-17(19,20)21/h7-8,10,26H,3-6,9H2,1-2H3. The van der Waals surface area contributed by atoms with Crippen molar-refractivity contribution in [2.45, 2.75) is 19.2 Å². The third-order valence-electron chi connectivity index (χ3n) is 4.66. The monoisotopic (exact) mass is 388 g/mol. The van der Waals surface area contributed by atoms with Gasteiger partial charge in [0.05, 0.1) is 23.6 Å². The van der Waals surface area contributed by atoms with Crippen molar-refractivity contribution in [1.29, 1.82) is 0 Å². The highest BCUT2D eigenvalue weighted by Crippen LogP contribution is 2.25. The molecule has 1 fully saturated rings. The molecule has 2 heterocycles. The molecule has 1 aliphatic heterocycles. The number of aliphatic hydroxyl groups excluding tert-OH is 1. The van der Waals surface area contributed by atoms with Crippen LogP contribution < -0.4 is 10.5 Å². The van der Waals surface area contributed by atoms with Gasteiger partial charge in [0.1, 0.15) is 5.82 Å². The minimum Gasteiger partial charge on any atom is -0.389 e. The molecule has 1 aromatic heterocycles. The number of nitrogens with zero attached hydrogens (tertiary/aromatic N) is 4. The molecule has 2 aromatic rings. The van der Waals surface area contributed by atoms with Crippen LogP contribution in [0.1, 0.15) is 18.6 Å². The molecule has 6 nitrogen and oxygen atoms in total. The van der Waals surface area contributed by atoms with E-state index in [1.54, 1.807) is 4.90 Å². The number of anilines is 1. The number of halogens is 4. The van der Waals surface area contributed by atoms with Gasteiger partial charge in [-0.3, -0.25) is 14.3 Å². The van der Waals surface area contributed by atoms with Crippen LogP contribution in [-0.2, 0) is 7.05 Å². The van der Waals surface area contributed by atoms with E-state index in [0.29, 0.717) is 0 Å². The molecular weight excluding hydrogens is 368 g/mol. The molecule has 1 unspecified atom stereocenters. The van der Waals surface area contributed by atoms with E-state index in [9.17, 15) is 27.5 Å². The molecule has 1 atom stereocenters. The summed E-state index contributed by atoms with van der Waals surface area (Å²) >= 11 is 0. The molecule has 1 aromatic carbocycles. The maximum atomic E-state index is 13.8. The normalized spacial score (nSPS) is 17.5. The summed E-state index contributed by atoms with van der Waals surface area (Å²) < 4.78 is 52.7. The molecule has 1 saturated heterocycles. The highest BCUT2D eigenvalue weighted by molar-refractivity contribution is 5.82. The van der Waals surface area contributed by atoms with Crippen LogP contribution >= 0.6 is 0 Å². The minimum atomic E-state index is -4.26. The van der Waals surface area contributed by atoms with Crippen LogP contribution in [0.3, 0.4) is 0 Å². The second kappa shape index (κ2) is 7.08. The van der Waals surface area contributed by atoms with Crippen LogP contribution in [-0.4, -0.2) is 58.5 Å². The molecule has 0 amide bonds. The Hall–Kier alpha value is -2.20. The SMILES string of the molecule is CC(O)c1cc(F)cc2c(=O)n(C)c(N3CCN(CC(F)(F)F)CC3)nc12. The average Bonchev–Trinajstić information content (AvgIpc) is 2.57. The maximum Gasteiger partial charge on any atom is 0.401 e.